The van der Waals surface area contributed by atoms with E-state index in [4.69, 9.17) is 4.74 Å². The van der Waals surface area contributed by atoms with Gasteiger partial charge in [-0.2, -0.15) is 18.2 Å². The zero-order chi connectivity index (χ0) is 17.8. The molecule has 1 aromatic carbocycles. The minimum absolute atomic E-state index is 0.0592. The van der Waals surface area contributed by atoms with Crippen LogP contribution < -0.4 is 0 Å². The number of hydrogen-bond acceptors (Lipinski definition) is 5. The van der Waals surface area contributed by atoms with Gasteiger partial charge in [0.05, 0.1) is 24.6 Å². The number of ether oxygens (including phenoxy) is 1. The Hall–Kier alpha value is -2.68. The first-order valence-electron chi connectivity index (χ1n) is 7.49. The third-order valence-electron chi connectivity index (χ3n) is 4.16. The van der Waals surface area contributed by atoms with Crippen molar-refractivity contribution in [1.82, 2.24) is 14.7 Å². The molecular weight excluding hydrogens is 339 g/mol. The molecule has 4 rings (SSSR count). The lowest BCUT2D eigenvalue weighted by atomic mass is 10.1. The van der Waals surface area contributed by atoms with Crippen LogP contribution in [0.15, 0.2) is 28.9 Å². The molecule has 0 bridgehead atoms. The summed E-state index contributed by atoms with van der Waals surface area (Å²) in [5.74, 6) is -1.77. The number of alkyl halides is 3. The van der Waals surface area contributed by atoms with Crippen molar-refractivity contribution in [3.8, 4) is 11.4 Å². The van der Waals surface area contributed by atoms with Crippen molar-refractivity contribution < 1.29 is 27.2 Å². The Morgan fingerprint density at radius 1 is 1.32 bits per heavy atom. The number of aromatic nitrogens is 3. The number of rotatable bonds is 2. The van der Waals surface area contributed by atoms with Crippen LogP contribution in [0.1, 0.15) is 16.2 Å². The summed E-state index contributed by atoms with van der Waals surface area (Å²) < 4.78 is 48.6. The van der Waals surface area contributed by atoms with Gasteiger partial charge in [-0.15, -0.1) is 0 Å². The van der Waals surface area contributed by atoms with Crippen molar-refractivity contribution in [2.24, 2.45) is 5.92 Å². The fourth-order valence-electron chi connectivity index (χ4n) is 2.75. The van der Waals surface area contributed by atoms with Crippen LogP contribution in [0.4, 0.5) is 13.2 Å². The van der Waals surface area contributed by atoms with Crippen molar-refractivity contribution in [1.29, 1.82) is 0 Å². The summed E-state index contributed by atoms with van der Waals surface area (Å²) in [7, 11) is 0. The van der Waals surface area contributed by atoms with Gasteiger partial charge in [0.2, 0.25) is 11.7 Å². The summed E-state index contributed by atoms with van der Waals surface area (Å²) in [5, 5.41) is 4.13. The number of nitrogens with zero attached hydrogens (tertiary/aromatic N) is 3. The first-order chi connectivity index (χ1) is 11.8. The van der Waals surface area contributed by atoms with E-state index >= 15 is 0 Å². The third-order valence-corrected chi connectivity index (χ3v) is 4.16. The Bertz CT molecular complexity index is 970. The highest BCUT2D eigenvalue weighted by Gasteiger charge is 2.38. The first-order valence-corrected chi connectivity index (χ1v) is 7.49. The Morgan fingerprint density at radius 2 is 2.08 bits per heavy atom. The van der Waals surface area contributed by atoms with Crippen LogP contribution >= 0.6 is 0 Å². The van der Waals surface area contributed by atoms with E-state index in [2.05, 4.69) is 14.7 Å². The lowest BCUT2D eigenvalue weighted by Crippen LogP contribution is -2.37. The fraction of sp³-hybridized carbons (Fsp3) is 0.312. The number of hydrogen-bond donors (Lipinski definition) is 0. The monoisotopic (exact) mass is 351 g/mol. The topological polar surface area (TPSA) is 70.2 Å². The van der Waals surface area contributed by atoms with E-state index in [0.29, 0.717) is 24.3 Å². The maximum Gasteiger partial charge on any atom is 0.471 e. The van der Waals surface area contributed by atoms with Crippen molar-refractivity contribution in [2.75, 3.05) is 13.2 Å². The van der Waals surface area contributed by atoms with E-state index in [9.17, 15) is 18.0 Å². The Morgan fingerprint density at radius 3 is 2.68 bits per heavy atom. The number of fused-ring (bicyclic) bond motifs is 1. The minimum Gasteiger partial charge on any atom is -0.380 e. The van der Waals surface area contributed by atoms with Gasteiger partial charge in [0.15, 0.2) is 0 Å². The molecule has 0 amide bonds. The number of carbonyl (C=O) groups excluding carboxylic acids is 1. The van der Waals surface area contributed by atoms with Crippen LogP contribution in [-0.4, -0.2) is 33.8 Å². The number of aryl methyl sites for hydroxylation is 1. The standard InChI is InChI=1S/C16H12F3N3O3/c1-8-5-22(14(23)10-6-24-7-10)12-3-2-9(4-11(8)12)13-20-15(25-21-13)16(17,18)19/h2-5,10H,6-7H2,1H3. The molecule has 25 heavy (non-hydrogen) atoms. The van der Waals surface area contributed by atoms with Gasteiger partial charge in [-0.05, 0) is 30.7 Å². The quantitative estimate of drug-likeness (QED) is 0.708. The lowest BCUT2D eigenvalue weighted by molar-refractivity contribution is -0.159. The van der Waals surface area contributed by atoms with Gasteiger partial charge < -0.3 is 9.26 Å². The molecule has 0 atom stereocenters. The van der Waals surface area contributed by atoms with Crippen LogP contribution in [0.2, 0.25) is 0 Å². The molecule has 130 valence electrons. The predicted octanol–water partition coefficient (Wildman–Crippen LogP) is 3.31. The van der Waals surface area contributed by atoms with Crippen LogP contribution in [0, 0.1) is 12.8 Å². The van der Waals surface area contributed by atoms with E-state index in [1.54, 1.807) is 29.0 Å². The Balaban J connectivity index is 1.75. The molecule has 2 aromatic heterocycles. The van der Waals surface area contributed by atoms with Crippen LogP contribution in [0.5, 0.6) is 0 Å². The molecule has 3 aromatic rings. The molecule has 0 aliphatic carbocycles. The van der Waals surface area contributed by atoms with E-state index in [1.807, 2.05) is 6.92 Å². The molecule has 0 spiro atoms. The predicted molar refractivity (Wildman–Crippen MR) is 79.9 cm³/mol. The molecule has 6 nitrogen and oxygen atoms in total. The van der Waals surface area contributed by atoms with E-state index in [-0.39, 0.29) is 17.6 Å². The SMILES string of the molecule is Cc1cn(C(=O)C2COC2)c2ccc(-c3noc(C(F)(F)F)n3)cc12. The Labute approximate surface area is 139 Å². The van der Waals surface area contributed by atoms with Gasteiger partial charge in [0.25, 0.3) is 0 Å². The molecule has 1 fully saturated rings. The normalized spacial score (nSPS) is 15.5. The molecule has 3 heterocycles. The van der Waals surface area contributed by atoms with Crippen molar-refractivity contribution >= 4 is 16.8 Å². The molecule has 0 saturated carbocycles. The van der Waals surface area contributed by atoms with Gasteiger partial charge in [-0.25, -0.2) is 0 Å². The molecule has 1 saturated heterocycles. The first kappa shape index (κ1) is 15.8. The van der Waals surface area contributed by atoms with E-state index in [0.717, 1.165) is 10.9 Å². The summed E-state index contributed by atoms with van der Waals surface area (Å²) in [6, 6.07) is 4.88. The van der Waals surface area contributed by atoms with Crippen LogP contribution in [-0.2, 0) is 10.9 Å². The van der Waals surface area contributed by atoms with Crippen molar-refractivity contribution in [3.63, 3.8) is 0 Å². The largest absolute Gasteiger partial charge is 0.471 e. The average Bonchev–Trinajstić information content (AvgIpc) is 3.10. The second kappa shape index (κ2) is 5.41. The van der Waals surface area contributed by atoms with Gasteiger partial charge >= 0.3 is 12.1 Å². The summed E-state index contributed by atoms with van der Waals surface area (Å²) in [6.07, 6.45) is -2.97. The van der Waals surface area contributed by atoms with Gasteiger partial charge in [0, 0.05) is 17.1 Å². The minimum atomic E-state index is -4.69. The van der Waals surface area contributed by atoms with Gasteiger partial charge in [0.1, 0.15) is 0 Å². The van der Waals surface area contributed by atoms with Crippen LogP contribution in [0.25, 0.3) is 22.3 Å². The molecule has 1 aliphatic heterocycles. The highest BCUT2D eigenvalue weighted by atomic mass is 19.4. The second-order valence-electron chi connectivity index (χ2n) is 5.91. The van der Waals surface area contributed by atoms with Gasteiger partial charge in [-0.1, -0.05) is 5.16 Å². The van der Waals surface area contributed by atoms with E-state index in [1.165, 1.54) is 0 Å². The maximum atomic E-state index is 12.6. The zero-order valence-corrected chi connectivity index (χ0v) is 13.0. The summed E-state index contributed by atoms with van der Waals surface area (Å²) in [4.78, 5) is 15.8. The molecular formula is C16H12F3N3O3. The highest BCUT2D eigenvalue weighted by Crippen LogP contribution is 2.31. The molecule has 9 heteroatoms. The molecule has 0 radical (unpaired) electrons. The zero-order valence-electron chi connectivity index (χ0n) is 13.0. The lowest BCUT2D eigenvalue weighted by Gasteiger charge is -2.24. The number of halogens is 3. The average molecular weight is 351 g/mol. The summed E-state index contributed by atoms with van der Waals surface area (Å²) >= 11 is 0. The van der Waals surface area contributed by atoms with Crippen molar-refractivity contribution in [2.45, 2.75) is 13.1 Å². The molecule has 0 N–H and O–H groups in total. The maximum absolute atomic E-state index is 12.6. The summed E-state index contributed by atoms with van der Waals surface area (Å²) in [5.41, 5.74) is 1.88. The number of carbonyl (C=O) groups is 1. The number of benzene rings is 1. The van der Waals surface area contributed by atoms with Gasteiger partial charge in [-0.3, -0.25) is 9.36 Å². The van der Waals surface area contributed by atoms with E-state index < -0.39 is 12.1 Å². The smallest absolute Gasteiger partial charge is 0.380 e. The fourth-order valence-corrected chi connectivity index (χ4v) is 2.75. The van der Waals surface area contributed by atoms with Crippen LogP contribution in [0.3, 0.4) is 0 Å². The molecule has 0 unspecified atom stereocenters. The summed E-state index contributed by atoms with van der Waals surface area (Å²) in [6.45, 7) is 2.63. The molecule has 1 aliphatic rings. The van der Waals surface area contributed by atoms with Crippen molar-refractivity contribution in [3.05, 3.63) is 35.9 Å². The third kappa shape index (κ3) is 2.60. The second-order valence-corrected chi connectivity index (χ2v) is 5.91. The highest BCUT2D eigenvalue weighted by molar-refractivity contribution is 5.97. The Kier molecular flexibility index (Phi) is 3.43.